The van der Waals surface area contributed by atoms with Crippen molar-refractivity contribution in [2.75, 3.05) is 14.1 Å². The number of carbonyl (C=O) groups is 4. The Morgan fingerprint density at radius 1 is 1.05 bits per heavy atom. The van der Waals surface area contributed by atoms with Crippen LogP contribution in [-0.2, 0) is 20.8 Å². The Bertz CT molecular complexity index is 1550. The molecule has 0 aliphatic heterocycles. The van der Waals surface area contributed by atoms with Crippen molar-refractivity contribution in [3.05, 3.63) is 70.2 Å². The maximum atomic E-state index is 13.8. The number of allylic oxidation sites excluding steroid dienone is 1. The third kappa shape index (κ3) is 3.81. The Kier molecular flexibility index (Phi) is 6.31. The van der Waals surface area contributed by atoms with Crippen LogP contribution in [0.25, 0.3) is 11.1 Å². The van der Waals surface area contributed by atoms with Crippen molar-refractivity contribution >= 4 is 23.4 Å². The highest BCUT2D eigenvalue weighted by Gasteiger charge is 2.63. The van der Waals surface area contributed by atoms with Crippen LogP contribution in [0.2, 0.25) is 0 Å². The Hall–Kier alpha value is -4.48. The maximum absolute atomic E-state index is 13.8. The average Bonchev–Trinajstić information content (AvgIpc) is 2.86. The lowest BCUT2D eigenvalue weighted by molar-refractivity contribution is -0.148. The number of esters is 1. The molecule has 0 saturated carbocycles. The summed E-state index contributed by atoms with van der Waals surface area (Å²) in [5, 5.41) is 44.7. The molecule has 0 fully saturated rings. The molecule has 0 bridgehead atoms. The van der Waals surface area contributed by atoms with Crippen LogP contribution < -0.4 is 10.5 Å². The molecule has 5 rings (SSSR count). The van der Waals surface area contributed by atoms with Crippen molar-refractivity contribution in [2.24, 2.45) is 17.6 Å². The van der Waals surface area contributed by atoms with Gasteiger partial charge in [-0.05, 0) is 67.7 Å². The smallest absolute Gasteiger partial charge is 0.308 e. The predicted octanol–water partition coefficient (Wildman–Crippen LogP) is 1.71. The van der Waals surface area contributed by atoms with Crippen LogP contribution in [-0.4, -0.2) is 74.5 Å². The zero-order chi connectivity index (χ0) is 29.3. The first-order valence-corrected chi connectivity index (χ1v) is 12.6. The highest BCUT2D eigenvalue weighted by molar-refractivity contribution is 6.24. The molecule has 1 unspecified atom stereocenters. The number of nitrogens with two attached hydrogens (primary N) is 1. The van der Waals surface area contributed by atoms with Gasteiger partial charge in [-0.2, -0.15) is 0 Å². The minimum absolute atomic E-state index is 0.00769. The molecule has 0 spiro atoms. The normalized spacial score (nSPS) is 25.9. The SMILES string of the molecule is CC(=O)Oc1ccc(-c2ccc(O)c3c2C[C@H]2C[C@H]4C(N(C)C)C(O)=C(C(N)=O)C(=O)[C@@]4(O)C(O)=C2C3=O)cc1. The van der Waals surface area contributed by atoms with Gasteiger partial charge < -0.3 is 30.9 Å². The average molecular weight is 549 g/mol. The number of ketones is 2. The molecule has 0 heterocycles. The molecule has 11 nitrogen and oxygen atoms in total. The van der Waals surface area contributed by atoms with Gasteiger partial charge in [0.15, 0.2) is 11.4 Å². The van der Waals surface area contributed by atoms with E-state index in [-0.39, 0.29) is 29.7 Å². The van der Waals surface area contributed by atoms with Crippen LogP contribution in [0.3, 0.4) is 0 Å². The number of aliphatic hydroxyl groups excluding tert-OH is 2. The highest BCUT2D eigenvalue weighted by Crippen LogP contribution is 2.53. The van der Waals surface area contributed by atoms with E-state index in [1.807, 2.05) is 0 Å². The monoisotopic (exact) mass is 548 g/mol. The van der Waals surface area contributed by atoms with Gasteiger partial charge in [0, 0.05) is 18.4 Å². The van der Waals surface area contributed by atoms with E-state index >= 15 is 0 Å². The van der Waals surface area contributed by atoms with Gasteiger partial charge in [0.05, 0.1) is 11.6 Å². The topological polar surface area (TPSA) is 188 Å². The van der Waals surface area contributed by atoms with Gasteiger partial charge in [-0.15, -0.1) is 0 Å². The fourth-order valence-corrected chi connectivity index (χ4v) is 6.39. The number of benzene rings is 2. The molecular formula is C29H28N2O9. The summed E-state index contributed by atoms with van der Waals surface area (Å²) in [6.45, 7) is 1.28. The van der Waals surface area contributed by atoms with Crippen LogP contribution in [0.4, 0.5) is 0 Å². The number of carbonyl (C=O) groups excluding carboxylic acids is 4. The quantitative estimate of drug-likeness (QED) is 0.214. The molecule has 4 atom stereocenters. The number of likely N-dealkylation sites (N-methyl/N-ethyl adjacent to an activating group) is 1. The Morgan fingerprint density at radius 2 is 1.70 bits per heavy atom. The van der Waals surface area contributed by atoms with E-state index in [0.29, 0.717) is 22.4 Å². The van der Waals surface area contributed by atoms with Gasteiger partial charge in [-0.3, -0.25) is 24.1 Å². The molecule has 3 aliphatic rings. The molecule has 208 valence electrons. The Balaban J connectivity index is 1.66. The molecule has 3 aliphatic carbocycles. The van der Waals surface area contributed by atoms with Crippen LogP contribution in [0.15, 0.2) is 59.1 Å². The standard InChI is InChI=1S/C29H28N2O9/c1-12(32)40-15-6-4-13(5-7-15)16-8-9-19(33)21-17(16)10-14-11-18-23(31(2)3)25(35)22(28(30)38)27(37)29(18,39)26(36)20(14)24(21)34/h4-9,14,18,23,33,35-36,39H,10-11H2,1-3H3,(H2,30,38)/t14-,18-,23?,29-/m0/s1. The number of aromatic hydroxyl groups is 1. The van der Waals surface area contributed by atoms with E-state index in [2.05, 4.69) is 0 Å². The van der Waals surface area contributed by atoms with Crippen LogP contribution >= 0.6 is 0 Å². The number of primary amides is 1. The van der Waals surface area contributed by atoms with Crippen molar-refractivity contribution in [3.63, 3.8) is 0 Å². The van der Waals surface area contributed by atoms with Crippen molar-refractivity contribution in [1.82, 2.24) is 4.90 Å². The van der Waals surface area contributed by atoms with Crippen molar-refractivity contribution < 1.29 is 44.3 Å². The number of Topliss-reactive ketones (excluding diaryl/α,β-unsaturated/α-hetero) is 2. The van der Waals surface area contributed by atoms with Crippen LogP contribution in [0, 0.1) is 11.8 Å². The molecule has 11 heteroatoms. The lowest BCUT2D eigenvalue weighted by Gasteiger charge is -2.50. The number of ether oxygens (including phenoxy) is 1. The summed E-state index contributed by atoms with van der Waals surface area (Å²) < 4.78 is 5.09. The first-order chi connectivity index (χ1) is 18.8. The summed E-state index contributed by atoms with van der Waals surface area (Å²) in [6, 6.07) is 8.52. The molecule has 0 saturated heterocycles. The van der Waals surface area contributed by atoms with E-state index in [9.17, 15) is 39.6 Å². The number of nitrogens with zero attached hydrogens (tertiary/aromatic N) is 1. The third-order valence-electron chi connectivity index (χ3n) is 8.03. The molecule has 0 aromatic heterocycles. The lowest BCUT2D eigenvalue weighted by Crippen LogP contribution is -2.63. The molecular weight excluding hydrogens is 520 g/mol. The zero-order valence-corrected chi connectivity index (χ0v) is 22.0. The predicted molar refractivity (Wildman–Crippen MR) is 140 cm³/mol. The first kappa shape index (κ1) is 27.1. The van der Waals surface area contributed by atoms with Gasteiger partial charge in [-0.1, -0.05) is 18.2 Å². The second kappa shape index (κ2) is 9.32. The second-order valence-corrected chi connectivity index (χ2v) is 10.6. The summed E-state index contributed by atoms with van der Waals surface area (Å²) in [4.78, 5) is 52.1. The molecule has 2 aromatic carbocycles. The van der Waals surface area contributed by atoms with E-state index in [1.54, 1.807) is 44.4 Å². The molecule has 40 heavy (non-hydrogen) atoms. The van der Waals surface area contributed by atoms with Gasteiger partial charge >= 0.3 is 5.97 Å². The van der Waals surface area contributed by atoms with Crippen molar-refractivity contribution in [1.29, 1.82) is 0 Å². The van der Waals surface area contributed by atoms with E-state index in [0.717, 1.165) is 0 Å². The largest absolute Gasteiger partial charge is 0.510 e. The number of hydrogen-bond donors (Lipinski definition) is 5. The van der Waals surface area contributed by atoms with Gasteiger partial charge in [-0.25, -0.2) is 0 Å². The minimum atomic E-state index is -2.69. The molecule has 0 radical (unpaired) electrons. The Labute approximate surface area is 228 Å². The Morgan fingerprint density at radius 3 is 2.27 bits per heavy atom. The van der Waals surface area contributed by atoms with Crippen molar-refractivity contribution in [3.8, 4) is 22.6 Å². The number of hydrogen-bond acceptors (Lipinski definition) is 10. The highest BCUT2D eigenvalue weighted by atomic mass is 16.5. The summed E-state index contributed by atoms with van der Waals surface area (Å²) in [5.41, 5.74) is 3.30. The van der Waals surface area contributed by atoms with E-state index < -0.39 is 64.0 Å². The third-order valence-corrected chi connectivity index (χ3v) is 8.03. The molecule has 2 aromatic rings. The first-order valence-electron chi connectivity index (χ1n) is 12.6. The zero-order valence-electron chi connectivity index (χ0n) is 22.0. The summed E-state index contributed by atoms with van der Waals surface area (Å²) in [5.74, 6) is -7.14. The number of phenols is 1. The summed E-state index contributed by atoms with van der Waals surface area (Å²) in [6.07, 6.45) is 0.149. The van der Waals surface area contributed by atoms with Crippen molar-refractivity contribution in [2.45, 2.75) is 31.4 Å². The number of amides is 1. The van der Waals surface area contributed by atoms with E-state index in [4.69, 9.17) is 10.5 Å². The van der Waals surface area contributed by atoms with Crippen LogP contribution in [0.5, 0.6) is 11.5 Å². The van der Waals surface area contributed by atoms with Crippen LogP contribution in [0.1, 0.15) is 29.3 Å². The number of aliphatic hydroxyl groups is 3. The molecule has 1 amide bonds. The molecule has 6 N–H and O–H groups in total. The fraction of sp³-hybridized carbons (Fsp3) is 0.310. The van der Waals surface area contributed by atoms with Gasteiger partial charge in [0.25, 0.3) is 5.91 Å². The number of rotatable bonds is 4. The second-order valence-electron chi connectivity index (χ2n) is 10.6. The lowest BCUT2D eigenvalue weighted by atomic mass is 9.58. The number of fused-ring (bicyclic) bond motifs is 3. The number of phenolic OH excluding ortho intramolecular Hbond substituents is 1. The minimum Gasteiger partial charge on any atom is -0.510 e. The maximum Gasteiger partial charge on any atom is 0.308 e. The summed E-state index contributed by atoms with van der Waals surface area (Å²) >= 11 is 0. The van der Waals surface area contributed by atoms with Gasteiger partial charge in [0.2, 0.25) is 5.78 Å². The summed E-state index contributed by atoms with van der Waals surface area (Å²) in [7, 11) is 3.14. The fourth-order valence-electron chi connectivity index (χ4n) is 6.39. The van der Waals surface area contributed by atoms with E-state index in [1.165, 1.54) is 17.9 Å². The van der Waals surface area contributed by atoms with Gasteiger partial charge in [0.1, 0.15) is 28.6 Å².